The van der Waals surface area contributed by atoms with E-state index in [-0.39, 0.29) is 0 Å². The van der Waals surface area contributed by atoms with Gasteiger partial charge in [-0.25, -0.2) is 0 Å². The van der Waals surface area contributed by atoms with E-state index in [0.717, 1.165) is 0 Å². The van der Waals surface area contributed by atoms with Crippen LogP contribution in [0.25, 0.3) is 11.1 Å². The molecule has 0 nitrogen and oxygen atoms in total. The van der Waals surface area contributed by atoms with Gasteiger partial charge in [0.05, 0.1) is 0 Å². The van der Waals surface area contributed by atoms with Gasteiger partial charge in [-0.2, -0.15) is 0 Å². The van der Waals surface area contributed by atoms with Crippen molar-refractivity contribution in [1.29, 1.82) is 0 Å². The molecule has 0 aromatic heterocycles. The summed E-state index contributed by atoms with van der Waals surface area (Å²) in [4.78, 5) is 0. The number of rotatable bonds is 1. The Balaban J connectivity index is 1.96. The highest BCUT2D eigenvalue weighted by Gasteiger charge is 2.32. The van der Waals surface area contributed by atoms with E-state index in [1.807, 2.05) is 0 Å². The summed E-state index contributed by atoms with van der Waals surface area (Å²) in [7, 11) is 0. The number of fused-ring (bicyclic) bond motifs is 3. The lowest BCUT2D eigenvalue weighted by Gasteiger charge is -2.16. The smallest absolute Gasteiger partial charge is 0.0361 e. The summed E-state index contributed by atoms with van der Waals surface area (Å²) in [5.41, 5.74) is 10.8. The maximum Gasteiger partial charge on any atom is 0.0361 e. The van der Waals surface area contributed by atoms with E-state index in [2.05, 4.69) is 81.5 Å². The topological polar surface area (TPSA) is 0 Å². The van der Waals surface area contributed by atoms with Crippen molar-refractivity contribution in [2.75, 3.05) is 0 Å². The normalized spacial score (nSPS) is 16.2. The Bertz CT molecular complexity index is 810. The standard InChI is InChI=1S/C22H19/c1-14(2)16-12-15(3)21(13-16)22-19-10-6-4-8-17(19)18-9-5-7-11-20(18)22/h4-12,22H,1-3H3. The molecule has 0 amide bonds. The predicted octanol–water partition coefficient (Wildman–Crippen LogP) is 5.82. The Morgan fingerprint density at radius 3 is 1.91 bits per heavy atom. The zero-order valence-corrected chi connectivity index (χ0v) is 13.3. The van der Waals surface area contributed by atoms with Gasteiger partial charge in [0.2, 0.25) is 0 Å². The molecule has 2 aliphatic rings. The molecular formula is C22H19. The Morgan fingerprint density at radius 1 is 0.864 bits per heavy atom. The van der Waals surface area contributed by atoms with Crippen LogP contribution in [0.3, 0.4) is 0 Å². The first kappa shape index (κ1) is 13.3. The number of hydrogen-bond donors (Lipinski definition) is 0. The molecule has 2 aromatic carbocycles. The van der Waals surface area contributed by atoms with Gasteiger partial charge in [0.1, 0.15) is 0 Å². The first-order valence-corrected chi connectivity index (χ1v) is 7.85. The van der Waals surface area contributed by atoms with Gasteiger partial charge in [-0.05, 0) is 65.8 Å². The fraction of sp³-hybridized carbons (Fsp3) is 0.182. The molecule has 0 spiro atoms. The van der Waals surface area contributed by atoms with Crippen molar-refractivity contribution >= 4 is 0 Å². The van der Waals surface area contributed by atoms with E-state index >= 15 is 0 Å². The van der Waals surface area contributed by atoms with Crippen LogP contribution in [0.4, 0.5) is 0 Å². The van der Waals surface area contributed by atoms with Crippen LogP contribution in [0.1, 0.15) is 37.8 Å². The first-order chi connectivity index (χ1) is 10.7. The molecule has 2 aromatic rings. The molecule has 0 fully saturated rings. The second-order valence-corrected chi connectivity index (χ2v) is 6.39. The van der Waals surface area contributed by atoms with Crippen LogP contribution < -0.4 is 0 Å². The van der Waals surface area contributed by atoms with Crippen molar-refractivity contribution in [3.05, 3.63) is 94.1 Å². The quantitative estimate of drug-likeness (QED) is 0.618. The van der Waals surface area contributed by atoms with E-state index in [1.54, 1.807) is 0 Å². The van der Waals surface area contributed by atoms with Crippen molar-refractivity contribution in [1.82, 2.24) is 0 Å². The summed E-state index contributed by atoms with van der Waals surface area (Å²) >= 11 is 0. The maximum atomic E-state index is 3.67. The van der Waals surface area contributed by atoms with Gasteiger partial charge in [-0.3, -0.25) is 0 Å². The van der Waals surface area contributed by atoms with Crippen molar-refractivity contribution in [3.63, 3.8) is 0 Å². The average Bonchev–Trinajstić information content (AvgIpc) is 3.05. The lowest BCUT2D eigenvalue weighted by Crippen LogP contribution is -2.01. The fourth-order valence-electron chi connectivity index (χ4n) is 3.61. The maximum absolute atomic E-state index is 3.67. The largest absolute Gasteiger partial charge is 0.0685 e. The lowest BCUT2D eigenvalue weighted by atomic mass is 9.86. The minimum atomic E-state index is 0.320. The van der Waals surface area contributed by atoms with Gasteiger partial charge >= 0.3 is 0 Å². The highest BCUT2D eigenvalue weighted by atomic mass is 14.3. The predicted molar refractivity (Wildman–Crippen MR) is 92.6 cm³/mol. The lowest BCUT2D eigenvalue weighted by molar-refractivity contribution is 0.989. The molecule has 0 unspecified atom stereocenters. The van der Waals surface area contributed by atoms with E-state index in [9.17, 15) is 0 Å². The van der Waals surface area contributed by atoms with Gasteiger partial charge in [0.25, 0.3) is 0 Å². The van der Waals surface area contributed by atoms with Crippen molar-refractivity contribution in [3.8, 4) is 11.1 Å². The SMILES string of the molecule is CC1=CC(=C(C)C)[C]=C1C1c2ccccc2-c2ccccc21. The Labute approximate surface area is 132 Å². The molecule has 0 heteroatoms. The molecular weight excluding hydrogens is 264 g/mol. The van der Waals surface area contributed by atoms with Crippen LogP contribution in [0, 0.1) is 6.08 Å². The summed E-state index contributed by atoms with van der Waals surface area (Å²) in [5.74, 6) is 0.320. The van der Waals surface area contributed by atoms with Crippen molar-refractivity contribution < 1.29 is 0 Å². The fourth-order valence-corrected chi connectivity index (χ4v) is 3.61. The number of hydrogen-bond acceptors (Lipinski definition) is 0. The second kappa shape index (κ2) is 4.84. The van der Waals surface area contributed by atoms with Crippen LogP contribution in [0.15, 0.2) is 76.9 Å². The average molecular weight is 283 g/mol. The number of allylic oxidation sites excluding steroid dienone is 6. The van der Waals surface area contributed by atoms with Gasteiger partial charge in [-0.15, -0.1) is 0 Å². The highest BCUT2D eigenvalue weighted by Crippen LogP contribution is 2.50. The zero-order chi connectivity index (χ0) is 15.3. The highest BCUT2D eigenvalue weighted by molar-refractivity contribution is 5.81. The third-order valence-corrected chi connectivity index (χ3v) is 4.72. The van der Waals surface area contributed by atoms with E-state index in [1.165, 1.54) is 44.5 Å². The van der Waals surface area contributed by atoms with Gasteiger partial charge in [0.15, 0.2) is 0 Å². The van der Waals surface area contributed by atoms with Crippen LogP contribution in [0.5, 0.6) is 0 Å². The molecule has 0 saturated carbocycles. The molecule has 1 radical (unpaired) electrons. The Hall–Kier alpha value is -2.34. The van der Waals surface area contributed by atoms with Crippen molar-refractivity contribution in [2.45, 2.75) is 26.7 Å². The Kier molecular flexibility index (Phi) is 2.94. The molecule has 2 aliphatic carbocycles. The molecule has 4 rings (SSSR count). The van der Waals surface area contributed by atoms with Crippen molar-refractivity contribution in [2.24, 2.45) is 0 Å². The minimum Gasteiger partial charge on any atom is -0.0685 e. The van der Waals surface area contributed by atoms with E-state index < -0.39 is 0 Å². The monoisotopic (exact) mass is 283 g/mol. The van der Waals surface area contributed by atoms with E-state index in [0.29, 0.717) is 5.92 Å². The summed E-state index contributed by atoms with van der Waals surface area (Å²) < 4.78 is 0. The molecule has 0 N–H and O–H groups in total. The van der Waals surface area contributed by atoms with Gasteiger partial charge in [-0.1, -0.05) is 60.2 Å². The molecule has 0 heterocycles. The van der Waals surface area contributed by atoms with Crippen LogP contribution in [-0.4, -0.2) is 0 Å². The number of benzene rings is 2. The molecule has 0 atom stereocenters. The molecule has 0 saturated heterocycles. The van der Waals surface area contributed by atoms with E-state index in [4.69, 9.17) is 0 Å². The zero-order valence-electron chi connectivity index (χ0n) is 13.3. The molecule has 0 bridgehead atoms. The third-order valence-electron chi connectivity index (χ3n) is 4.72. The first-order valence-electron chi connectivity index (χ1n) is 7.85. The summed E-state index contributed by atoms with van der Waals surface area (Å²) in [6.07, 6.45) is 5.94. The third kappa shape index (κ3) is 1.84. The van der Waals surface area contributed by atoms with Crippen LogP contribution in [0.2, 0.25) is 0 Å². The molecule has 0 aliphatic heterocycles. The molecule has 107 valence electrons. The Morgan fingerprint density at radius 2 is 1.41 bits per heavy atom. The van der Waals surface area contributed by atoms with Crippen LogP contribution in [-0.2, 0) is 0 Å². The molecule has 22 heavy (non-hydrogen) atoms. The van der Waals surface area contributed by atoms with Crippen LogP contribution >= 0.6 is 0 Å². The van der Waals surface area contributed by atoms with Gasteiger partial charge in [0, 0.05) is 5.92 Å². The summed E-state index contributed by atoms with van der Waals surface area (Å²) in [5, 5.41) is 0. The summed E-state index contributed by atoms with van der Waals surface area (Å²) in [6, 6.07) is 17.6. The second-order valence-electron chi connectivity index (χ2n) is 6.39. The summed E-state index contributed by atoms with van der Waals surface area (Å²) in [6.45, 7) is 6.53. The van der Waals surface area contributed by atoms with Gasteiger partial charge < -0.3 is 0 Å². The minimum absolute atomic E-state index is 0.320.